The quantitative estimate of drug-likeness (QED) is 0.532. The van der Waals surface area contributed by atoms with E-state index in [9.17, 15) is 10.1 Å². The van der Waals surface area contributed by atoms with Crippen LogP contribution in [0.5, 0.6) is 11.5 Å². The maximum Gasteiger partial charge on any atom is 0.271 e. The van der Waals surface area contributed by atoms with Gasteiger partial charge >= 0.3 is 0 Å². The van der Waals surface area contributed by atoms with Gasteiger partial charge in [-0.15, -0.1) is 0 Å². The van der Waals surface area contributed by atoms with Crippen molar-refractivity contribution in [2.75, 3.05) is 51.3 Å². The van der Waals surface area contributed by atoms with Crippen molar-refractivity contribution in [3.8, 4) is 11.5 Å². The van der Waals surface area contributed by atoms with E-state index in [0.717, 1.165) is 49.9 Å². The molecule has 0 amide bonds. The van der Waals surface area contributed by atoms with E-state index in [4.69, 9.17) is 21.1 Å². The normalized spacial score (nSPS) is 14.8. The summed E-state index contributed by atoms with van der Waals surface area (Å²) in [6, 6.07) is 12.2. The number of benzene rings is 2. The van der Waals surface area contributed by atoms with E-state index in [1.165, 1.54) is 12.1 Å². The number of halogens is 1. The largest absolute Gasteiger partial charge is 0.497 e. The molecule has 1 aliphatic rings. The van der Waals surface area contributed by atoms with Gasteiger partial charge < -0.3 is 14.4 Å². The van der Waals surface area contributed by atoms with Crippen LogP contribution in [0.2, 0.25) is 5.02 Å². The van der Waals surface area contributed by atoms with Gasteiger partial charge in [-0.25, -0.2) is 0 Å². The molecular weight excluding hydrogens is 370 g/mol. The zero-order valence-corrected chi connectivity index (χ0v) is 15.9. The highest BCUT2D eigenvalue weighted by atomic mass is 35.5. The Balaban J connectivity index is 1.45. The summed E-state index contributed by atoms with van der Waals surface area (Å²) in [4.78, 5) is 14.9. The van der Waals surface area contributed by atoms with Crippen LogP contribution >= 0.6 is 11.6 Å². The van der Waals surface area contributed by atoms with Crippen LogP contribution in [0, 0.1) is 10.1 Å². The van der Waals surface area contributed by atoms with Crippen molar-refractivity contribution in [3.63, 3.8) is 0 Å². The highest BCUT2D eigenvalue weighted by Gasteiger charge is 2.20. The van der Waals surface area contributed by atoms with Gasteiger partial charge in [0, 0.05) is 44.9 Å². The average Bonchev–Trinajstić information content (AvgIpc) is 2.69. The third kappa shape index (κ3) is 5.02. The van der Waals surface area contributed by atoms with E-state index in [1.807, 2.05) is 24.3 Å². The Kier molecular flexibility index (Phi) is 6.36. The Morgan fingerprint density at radius 2 is 1.74 bits per heavy atom. The highest BCUT2D eigenvalue weighted by molar-refractivity contribution is 6.33. The zero-order valence-electron chi connectivity index (χ0n) is 15.1. The SMILES string of the molecule is COc1ccc(OCCN2CCN(c3ccc([N+](=O)[O-])cc3Cl)CC2)cc1. The van der Waals surface area contributed by atoms with Crippen molar-refractivity contribution in [1.82, 2.24) is 4.90 Å². The number of non-ortho nitro benzene ring substituents is 1. The van der Waals surface area contributed by atoms with E-state index >= 15 is 0 Å². The average molecular weight is 392 g/mol. The molecule has 0 atom stereocenters. The van der Waals surface area contributed by atoms with Crippen LogP contribution in [-0.4, -0.2) is 56.3 Å². The van der Waals surface area contributed by atoms with Gasteiger partial charge in [0.15, 0.2) is 0 Å². The zero-order chi connectivity index (χ0) is 19.2. The number of rotatable bonds is 7. The second-order valence-corrected chi connectivity index (χ2v) is 6.65. The third-order valence-electron chi connectivity index (χ3n) is 4.59. The molecule has 8 heteroatoms. The van der Waals surface area contributed by atoms with Crippen LogP contribution in [0.15, 0.2) is 42.5 Å². The molecular formula is C19H22ClN3O4. The summed E-state index contributed by atoms with van der Waals surface area (Å²) in [6.45, 7) is 4.87. The Hall–Kier alpha value is -2.51. The van der Waals surface area contributed by atoms with Crippen LogP contribution in [0.4, 0.5) is 11.4 Å². The Morgan fingerprint density at radius 3 is 2.33 bits per heavy atom. The van der Waals surface area contributed by atoms with Crippen LogP contribution in [0.25, 0.3) is 0 Å². The lowest BCUT2D eigenvalue weighted by molar-refractivity contribution is -0.384. The summed E-state index contributed by atoms with van der Waals surface area (Å²) < 4.78 is 10.9. The smallest absolute Gasteiger partial charge is 0.271 e. The molecule has 0 aliphatic carbocycles. The molecule has 7 nitrogen and oxygen atoms in total. The van der Waals surface area contributed by atoms with Gasteiger partial charge in [0.1, 0.15) is 18.1 Å². The molecule has 1 heterocycles. The minimum atomic E-state index is -0.434. The van der Waals surface area contributed by atoms with Crippen LogP contribution in [-0.2, 0) is 0 Å². The molecule has 1 fully saturated rings. The molecule has 27 heavy (non-hydrogen) atoms. The predicted octanol–water partition coefficient (Wildman–Crippen LogP) is 3.46. The molecule has 0 bridgehead atoms. The first-order valence-corrected chi connectivity index (χ1v) is 9.13. The molecule has 0 aromatic heterocycles. The van der Waals surface area contributed by atoms with Crippen LogP contribution in [0.1, 0.15) is 0 Å². The molecule has 0 N–H and O–H groups in total. The van der Waals surface area contributed by atoms with Gasteiger partial charge in [-0.2, -0.15) is 0 Å². The van der Waals surface area contributed by atoms with Crippen molar-refractivity contribution in [3.05, 3.63) is 57.6 Å². The maximum atomic E-state index is 10.8. The molecule has 144 valence electrons. The predicted molar refractivity (Wildman–Crippen MR) is 105 cm³/mol. The number of hydrogen-bond acceptors (Lipinski definition) is 6. The number of ether oxygens (including phenoxy) is 2. The molecule has 0 spiro atoms. The second-order valence-electron chi connectivity index (χ2n) is 6.25. The molecule has 2 aromatic carbocycles. The standard InChI is InChI=1S/C19H22ClN3O4/c1-26-16-3-5-17(6-4-16)27-13-12-21-8-10-22(11-9-21)19-7-2-15(23(24)25)14-18(19)20/h2-7,14H,8-13H2,1H3. The van der Waals surface area contributed by atoms with E-state index in [2.05, 4.69) is 9.80 Å². The van der Waals surface area contributed by atoms with E-state index < -0.39 is 4.92 Å². The number of nitrogens with zero attached hydrogens (tertiary/aromatic N) is 3. The summed E-state index contributed by atoms with van der Waals surface area (Å²) in [5, 5.41) is 11.2. The number of anilines is 1. The van der Waals surface area contributed by atoms with Crippen molar-refractivity contribution in [2.45, 2.75) is 0 Å². The Labute approximate surface area is 163 Å². The fourth-order valence-corrected chi connectivity index (χ4v) is 3.34. The minimum absolute atomic E-state index is 0.0121. The van der Waals surface area contributed by atoms with Crippen molar-refractivity contribution < 1.29 is 14.4 Å². The molecule has 3 rings (SSSR count). The fraction of sp³-hybridized carbons (Fsp3) is 0.368. The lowest BCUT2D eigenvalue weighted by atomic mass is 10.2. The molecule has 1 saturated heterocycles. The summed E-state index contributed by atoms with van der Waals surface area (Å²) >= 11 is 6.23. The number of piperazine rings is 1. The second kappa shape index (κ2) is 8.92. The molecule has 0 saturated carbocycles. The first-order chi connectivity index (χ1) is 13.1. The van der Waals surface area contributed by atoms with Crippen molar-refractivity contribution >= 4 is 23.0 Å². The van der Waals surface area contributed by atoms with Gasteiger partial charge in [-0.05, 0) is 30.3 Å². The number of hydrogen-bond donors (Lipinski definition) is 0. The lowest BCUT2D eigenvalue weighted by Gasteiger charge is -2.36. The van der Waals surface area contributed by atoms with E-state index in [-0.39, 0.29) is 5.69 Å². The van der Waals surface area contributed by atoms with Gasteiger partial charge in [-0.1, -0.05) is 11.6 Å². The summed E-state index contributed by atoms with van der Waals surface area (Å²) in [6.07, 6.45) is 0. The summed E-state index contributed by atoms with van der Waals surface area (Å²) in [7, 11) is 1.64. The van der Waals surface area contributed by atoms with E-state index in [0.29, 0.717) is 11.6 Å². The van der Waals surface area contributed by atoms with Crippen molar-refractivity contribution in [1.29, 1.82) is 0 Å². The summed E-state index contributed by atoms with van der Waals surface area (Å²) in [5.41, 5.74) is 0.856. The van der Waals surface area contributed by atoms with Gasteiger partial charge in [0.25, 0.3) is 5.69 Å². The molecule has 2 aromatic rings. The molecule has 0 radical (unpaired) electrons. The number of methoxy groups -OCH3 is 1. The Bertz CT molecular complexity index is 777. The number of nitro groups is 1. The molecule has 1 aliphatic heterocycles. The monoisotopic (exact) mass is 391 g/mol. The highest BCUT2D eigenvalue weighted by Crippen LogP contribution is 2.30. The topological polar surface area (TPSA) is 68.1 Å². The minimum Gasteiger partial charge on any atom is -0.497 e. The Morgan fingerprint density at radius 1 is 1.07 bits per heavy atom. The molecule has 0 unspecified atom stereocenters. The van der Waals surface area contributed by atoms with E-state index in [1.54, 1.807) is 13.2 Å². The first-order valence-electron chi connectivity index (χ1n) is 8.75. The fourth-order valence-electron chi connectivity index (χ4n) is 3.04. The van der Waals surface area contributed by atoms with Crippen LogP contribution < -0.4 is 14.4 Å². The summed E-state index contributed by atoms with van der Waals surface area (Å²) in [5.74, 6) is 1.63. The number of nitro benzene ring substituents is 1. The maximum absolute atomic E-state index is 10.8. The van der Waals surface area contributed by atoms with Gasteiger partial charge in [-0.3, -0.25) is 15.0 Å². The van der Waals surface area contributed by atoms with Gasteiger partial charge in [0.05, 0.1) is 22.7 Å². The van der Waals surface area contributed by atoms with Crippen molar-refractivity contribution in [2.24, 2.45) is 0 Å². The lowest BCUT2D eigenvalue weighted by Crippen LogP contribution is -2.47. The van der Waals surface area contributed by atoms with Crippen LogP contribution in [0.3, 0.4) is 0 Å². The first kappa shape index (κ1) is 19.3. The third-order valence-corrected chi connectivity index (χ3v) is 4.89. The van der Waals surface area contributed by atoms with Gasteiger partial charge in [0.2, 0.25) is 0 Å².